The Bertz CT molecular complexity index is 899. The van der Waals surface area contributed by atoms with Gasteiger partial charge in [-0.3, -0.25) is 4.79 Å². The smallest absolute Gasteiger partial charge is 0.257 e. The van der Waals surface area contributed by atoms with Crippen LogP contribution in [0, 0.1) is 6.92 Å². The molecule has 0 aromatic carbocycles. The largest absolute Gasteiger partial charge is 0.338 e. The van der Waals surface area contributed by atoms with E-state index in [1.807, 2.05) is 29.5 Å². The highest BCUT2D eigenvalue weighted by atomic mass is 16.5. The molecule has 124 valence electrons. The minimum absolute atomic E-state index is 0.0168. The molecule has 8 nitrogen and oxygen atoms in total. The molecule has 1 fully saturated rings. The Kier molecular flexibility index (Phi) is 3.51. The molecule has 4 heterocycles. The van der Waals surface area contributed by atoms with Gasteiger partial charge in [0.15, 0.2) is 0 Å². The molecule has 1 unspecified atom stereocenters. The molecule has 4 rings (SSSR count). The third-order valence-electron chi connectivity index (χ3n) is 4.58. The summed E-state index contributed by atoms with van der Waals surface area (Å²) >= 11 is 0. The number of hydrogen-bond acceptors (Lipinski definition) is 6. The van der Waals surface area contributed by atoms with Gasteiger partial charge in [0.2, 0.25) is 0 Å². The lowest BCUT2D eigenvalue weighted by atomic mass is 9.96. The van der Waals surface area contributed by atoms with Crippen LogP contribution in [0.5, 0.6) is 0 Å². The number of carbonyl (C=O) groups excluding carboxylic acids is 1. The zero-order valence-electron chi connectivity index (χ0n) is 13.6. The number of nitrogens with zero attached hydrogens (tertiary/aromatic N) is 6. The van der Waals surface area contributed by atoms with Crippen LogP contribution in [0.4, 0.5) is 0 Å². The van der Waals surface area contributed by atoms with Crippen LogP contribution >= 0.6 is 0 Å². The summed E-state index contributed by atoms with van der Waals surface area (Å²) in [6.45, 7) is 3.23. The number of fused-ring (bicyclic) bond motifs is 1. The van der Waals surface area contributed by atoms with Gasteiger partial charge in [-0.1, -0.05) is 5.16 Å². The lowest BCUT2D eigenvalue weighted by molar-refractivity contribution is 0.0703. The fraction of sp³-hybridized carbons (Fsp3) is 0.438. The molecule has 0 spiro atoms. The monoisotopic (exact) mass is 326 g/mol. The van der Waals surface area contributed by atoms with Crippen LogP contribution in [0.1, 0.15) is 40.6 Å². The van der Waals surface area contributed by atoms with Crippen molar-refractivity contribution >= 4 is 17.0 Å². The van der Waals surface area contributed by atoms with Crippen LogP contribution in [-0.4, -0.2) is 48.8 Å². The van der Waals surface area contributed by atoms with Gasteiger partial charge in [0.25, 0.3) is 11.6 Å². The molecule has 1 aliphatic heterocycles. The van der Waals surface area contributed by atoms with Gasteiger partial charge in [-0.2, -0.15) is 0 Å². The Morgan fingerprint density at radius 3 is 3.08 bits per heavy atom. The van der Waals surface area contributed by atoms with Crippen molar-refractivity contribution in [3.05, 3.63) is 35.7 Å². The van der Waals surface area contributed by atoms with E-state index in [2.05, 4.69) is 20.3 Å². The molecule has 24 heavy (non-hydrogen) atoms. The molecule has 1 aliphatic rings. The van der Waals surface area contributed by atoms with Gasteiger partial charge in [0, 0.05) is 32.3 Å². The minimum atomic E-state index is -0.0168. The molecule has 0 bridgehead atoms. The van der Waals surface area contributed by atoms with Gasteiger partial charge in [-0.05, 0) is 25.8 Å². The Morgan fingerprint density at radius 1 is 1.42 bits per heavy atom. The second-order valence-electron chi connectivity index (χ2n) is 6.24. The molecule has 0 saturated carbocycles. The predicted octanol–water partition coefficient (Wildman–Crippen LogP) is 1.68. The van der Waals surface area contributed by atoms with E-state index in [-0.39, 0.29) is 11.8 Å². The van der Waals surface area contributed by atoms with Crippen molar-refractivity contribution in [3.8, 4) is 0 Å². The summed E-state index contributed by atoms with van der Waals surface area (Å²) in [5.74, 6) is 1.12. The van der Waals surface area contributed by atoms with E-state index in [1.165, 1.54) is 0 Å². The average molecular weight is 326 g/mol. The Hall–Kier alpha value is -2.77. The maximum absolute atomic E-state index is 12.9. The maximum atomic E-state index is 12.9. The third kappa shape index (κ3) is 2.44. The van der Waals surface area contributed by atoms with Crippen molar-refractivity contribution in [3.63, 3.8) is 0 Å². The number of aryl methyl sites for hydroxylation is 2. The molecule has 3 aromatic rings. The lowest BCUT2D eigenvalue weighted by Gasteiger charge is -2.32. The summed E-state index contributed by atoms with van der Waals surface area (Å²) in [5, 5.41) is 12.8. The molecule has 1 saturated heterocycles. The molecule has 1 atom stereocenters. The molecule has 0 aliphatic carbocycles. The zero-order chi connectivity index (χ0) is 16.7. The van der Waals surface area contributed by atoms with E-state index in [1.54, 1.807) is 12.5 Å². The molecule has 0 radical (unpaired) electrons. The highest BCUT2D eigenvalue weighted by Gasteiger charge is 2.28. The zero-order valence-corrected chi connectivity index (χ0v) is 13.6. The molecule has 0 N–H and O–H groups in total. The van der Waals surface area contributed by atoms with E-state index in [0.29, 0.717) is 17.8 Å². The first kappa shape index (κ1) is 14.8. The van der Waals surface area contributed by atoms with E-state index < -0.39 is 0 Å². The number of likely N-dealkylation sites (tertiary alicyclic amines) is 1. The number of rotatable bonds is 2. The molecule has 3 aromatic heterocycles. The number of hydrogen-bond donors (Lipinski definition) is 0. The average Bonchev–Trinajstić information content (AvgIpc) is 3.20. The van der Waals surface area contributed by atoms with Crippen molar-refractivity contribution in [1.82, 2.24) is 29.8 Å². The quantitative estimate of drug-likeness (QED) is 0.712. The Labute approximate surface area is 138 Å². The lowest BCUT2D eigenvalue weighted by Crippen LogP contribution is -2.39. The molecular weight excluding hydrogens is 308 g/mol. The minimum Gasteiger partial charge on any atom is -0.338 e. The highest BCUT2D eigenvalue weighted by molar-refractivity contribution is 5.97. The van der Waals surface area contributed by atoms with Crippen LogP contribution in [0.25, 0.3) is 11.1 Å². The van der Waals surface area contributed by atoms with Crippen molar-refractivity contribution in [2.75, 3.05) is 13.1 Å². The van der Waals surface area contributed by atoms with Gasteiger partial charge in [0.1, 0.15) is 12.2 Å². The predicted molar refractivity (Wildman–Crippen MR) is 85.4 cm³/mol. The van der Waals surface area contributed by atoms with Gasteiger partial charge in [-0.15, -0.1) is 10.2 Å². The van der Waals surface area contributed by atoms with E-state index in [4.69, 9.17) is 4.52 Å². The maximum Gasteiger partial charge on any atom is 0.257 e. The van der Waals surface area contributed by atoms with Gasteiger partial charge in [-0.25, -0.2) is 4.98 Å². The summed E-state index contributed by atoms with van der Waals surface area (Å²) < 4.78 is 7.03. The summed E-state index contributed by atoms with van der Waals surface area (Å²) in [6, 6.07) is 1.81. The van der Waals surface area contributed by atoms with E-state index >= 15 is 0 Å². The number of amides is 1. The summed E-state index contributed by atoms with van der Waals surface area (Å²) in [4.78, 5) is 18.9. The summed E-state index contributed by atoms with van der Waals surface area (Å²) in [5.41, 5.74) is 1.76. The number of carbonyl (C=O) groups is 1. The van der Waals surface area contributed by atoms with Gasteiger partial charge < -0.3 is 14.0 Å². The van der Waals surface area contributed by atoms with Crippen molar-refractivity contribution < 1.29 is 9.32 Å². The normalized spacial score (nSPS) is 18.2. The van der Waals surface area contributed by atoms with E-state index in [9.17, 15) is 4.79 Å². The second kappa shape index (κ2) is 5.70. The van der Waals surface area contributed by atoms with Crippen molar-refractivity contribution in [2.24, 2.45) is 7.05 Å². The SMILES string of the molecule is Cc1noc2ncc(C(=O)N3CCCC(c4nncn4C)C3)cc12. The van der Waals surface area contributed by atoms with Crippen molar-refractivity contribution in [1.29, 1.82) is 0 Å². The molecule has 8 heteroatoms. The first-order valence-corrected chi connectivity index (χ1v) is 7.98. The third-order valence-corrected chi connectivity index (χ3v) is 4.58. The van der Waals surface area contributed by atoms with E-state index in [0.717, 1.165) is 36.3 Å². The molecular formula is C16H18N6O2. The number of piperidine rings is 1. The summed E-state index contributed by atoms with van der Waals surface area (Å²) in [7, 11) is 1.93. The van der Waals surface area contributed by atoms with Crippen LogP contribution in [0.15, 0.2) is 23.1 Å². The Morgan fingerprint density at radius 2 is 2.29 bits per heavy atom. The van der Waals surface area contributed by atoms with Gasteiger partial charge >= 0.3 is 0 Å². The topological polar surface area (TPSA) is 89.9 Å². The van der Waals surface area contributed by atoms with Crippen LogP contribution < -0.4 is 0 Å². The number of aromatic nitrogens is 5. The van der Waals surface area contributed by atoms with Crippen molar-refractivity contribution in [2.45, 2.75) is 25.7 Å². The first-order valence-electron chi connectivity index (χ1n) is 7.98. The standard InChI is InChI=1S/C16H18N6O2/c1-10-13-6-12(7-17-15(13)24-20-10)16(23)22-5-3-4-11(8-22)14-19-18-9-21(14)2/h6-7,9,11H,3-5,8H2,1-2H3. The fourth-order valence-electron chi connectivity index (χ4n) is 3.28. The van der Waals surface area contributed by atoms with Crippen LogP contribution in [0.3, 0.4) is 0 Å². The second-order valence-corrected chi connectivity index (χ2v) is 6.24. The summed E-state index contributed by atoms with van der Waals surface area (Å²) in [6.07, 6.45) is 5.22. The van der Waals surface area contributed by atoms with Crippen LogP contribution in [0.2, 0.25) is 0 Å². The van der Waals surface area contributed by atoms with Crippen LogP contribution in [-0.2, 0) is 7.05 Å². The molecule has 1 amide bonds. The fourth-order valence-corrected chi connectivity index (χ4v) is 3.28. The Balaban J connectivity index is 1.58. The highest BCUT2D eigenvalue weighted by Crippen LogP contribution is 2.26. The number of pyridine rings is 1. The van der Waals surface area contributed by atoms with Gasteiger partial charge in [0.05, 0.1) is 16.6 Å². The first-order chi connectivity index (χ1) is 11.6.